The van der Waals surface area contributed by atoms with Crippen molar-refractivity contribution >= 4 is 11.0 Å². The van der Waals surface area contributed by atoms with Crippen molar-refractivity contribution in [2.45, 2.75) is 31.8 Å². The molecule has 0 spiro atoms. The topological polar surface area (TPSA) is 78.1 Å². The fourth-order valence-corrected chi connectivity index (χ4v) is 3.74. The molecule has 1 heterocycles. The molecule has 1 aliphatic rings. The SMILES string of the molecule is COc1ccccc1OCC(O)COc1cccc2oc(=O)c3c(c12)CCCC3. The second-order valence-electron chi connectivity index (χ2n) is 7.11. The van der Waals surface area contributed by atoms with Crippen molar-refractivity contribution in [3.8, 4) is 17.2 Å². The first-order valence-corrected chi connectivity index (χ1v) is 9.81. The molecule has 1 unspecified atom stereocenters. The van der Waals surface area contributed by atoms with Crippen LogP contribution in [0, 0.1) is 0 Å². The van der Waals surface area contributed by atoms with E-state index in [2.05, 4.69) is 0 Å². The van der Waals surface area contributed by atoms with E-state index in [1.54, 1.807) is 31.4 Å². The Bertz CT molecular complexity index is 1050. The van der Waals surface area contributed by atoms with E-state index in [4.69, 9.17) is 18.6 Å². The molecule has 0 amide bonds. The van der Waals surface area contributed by atoms with Crippen LogP contribution in [0.1, 0.15) is 24.0 Å². The zero-order chi connectivity index (χ0) is 20.2. The Balaban J connectivity index is 1.49. The molecule has 0 fully saturated rings. The van der Waals surface area contributed by atoms with Crippen molar-refractivity contribution in [2.24, 2.45) is 0 Å². The van der Waals surface area contributed by atoms with Gasteiger partial charge in [-0.25, -0.2) is 4.79 Å². The lowest BCUT2D eigenvalue weighted by molar-refractivity contribution is 0.0621. The van der Waals surface area contributed by atoms with E-state index in [1.807, 2.05) is 18.2 Å². The highest BCUT2D eigenvalue weighted by molar-refractivity contribution is 5.87. The van der Waals surface area contributed by atoms with Crippen molar-refractivity contribution in [1.29, 1.82) is 0 Å². The number of fused-ring (bicyclic) bond motifs is 3. The molecule has 4 rings (SSSR count). The van der Waals surface area contributed by atoms with E-state index in [-0.39, 0.29) is 18.8 Å². The van der Waals surface area contributed by atoms with Gasteiger partial charge in [0.15, 0.2) is 11.5 Å². The molecule has 1 N–H and O–H groups in total. The van der Waals surface area contributed by atoms with Gasteiger partial charge in [-0.2, -0.15) is 0 Å². The van der Waals surface area contributed by atoms with Gasteiger partial charge in [-0.05, 0) is 55.5 Å². The largest absolute Gasteiger partial charge is 0.493 e. The van der Waals surface area contributed by atoms with Gasteiger partial charge in [0.05, 0.1) is 12.5 Å². The van der Waals surface area contributed by atoms with Gasteiger partial charge in [0, 0.05) is 5.56 Å². The molecule has 3 aromatic rings. The molecule has 0 radical (unpaired) electrons. The van der Waals surface area contributed by atoms with Crippen LogP contribution in [-0.4, -0.2) is 31.5 Å². The molecular weight excluding hydrogens is 372 g/mol. The van der Waals surface area contributed by atoms with Crippen LogP contribution in [0.15, 0.2) is 51.7 Å². The fourth-order valence-electron chi connectivity index (χ4n) is 3.74. The summed E-state index contributed by atoms with van der Waals surface area (Å²) in [5.74, 6) is 1.78. The standard InChI is InChI=1S/C23H24O6/c1-26-18-9-4-5-10-19(18)27-13-15(24)14-28-20-11-6-12-21-22(20)16-7-2-3-8-17(16)23(25)29-21/h4-6,9-12,15,24H,2-3,7-8,13-14H2,1H3. The first-order valence-electron chi connectivity index (χ1n) is 9.81. The molecule has 152 valence electrons. The third-order valence-electron chi connectivity index (χ3n) is 5.14. The van der Waals surface area contributed by atoms with Crippen LogP contribution in [0.5, 0.6) is 17.2 Å². The Kier molecular flexibility index (Phi) is 5.71. The van der Waals surface area contributed by atoms with Gasteiger partial charge in [0.25, 0.3) is 0 Å². The molecule has 6 heteroatoms. The van der Waals surface area contributed by atoms with Crippen LogP contribution in [-0.2, 0) is 12.8 Å². The number of ether oxygens (including phenoxy) is 3. The second kappa shape index (κ2) is 8.57. The normalized spacial score (nSPS) is 14.3. The molecular formula is C23H24O6. The average molecular weight is 396 g/mol. The lowest BCUT2D eigenvalue weighted by Gasteiger charge is -2.19. The Morgan fingerprint density at radius 1 is 0.931 bits per heavy atom. The second-order valence-corrected chi connectivity index (χ2v) is 7.11. The Labute approximate surface area is 168 Å². The predicted molar refractivity (Wildman–Crippen MR) is 109 cm³/mol. The van der Waals surface area contributed by atoms with Gasteiger partial charge in [-0.15, -0.1) is 0 Å². The summed E-state index contributed by atoms with van der Waals surface area (Å²) >= 11 is 0. The van der Waals surface area contributed by atoms with E-state index >= 15 is 0 Å². The van der Waals surface area contributed by atoms with Crippen molar-refractivity contribution < 1.29 is 23.7 Å². The maximum absolute atomic E-state index is 12.3. The molecule has 1 atom stereocenters. The number of hydrogen-bond donors (Lipinski definition) is 1. The quantitative estimate of drug-likeness (QED) is 0.616. The van der Waals surface area contributed by atoms with E-state index < -0.39 is 6.10 Å². The summed E-state index contributed by atoms with van der Waals surface area (Å²) in [4.78, 5) is 12.3. The Morgan fingerprint density at radius 2 is 1.59 bits per heavy atom. The van der Waals surface area contributed by atoms with E-state index in [1.165, 1.54) is 0 Å². The number of methoxy groups -OCH3 is 1. The minimum atomic E-state index is -0.832. The summed E-state index contributed by atoms with van der Waals surface area (Å²) in [5, 5.41) is 11.2. The first-order chi connectivity index (χ1) is 14.2. The number of benzene rings is 2. The number of para-hydroxylation sites is 2. The minimum absolute atomic E-state index is 0.0577. The molecule has 0 aliphatic heterocycles. The molecule has 0 bridgehead atoms. The number of aryl methyl sites for hydroxylation is 1. The monoisotopic (exact) mass is 396 g/mol. The molecule has 1 aromatic heterocycles. The van der Waals surface area contributed by atoms with Crippen LogP contribution in [0.3, 0.4) is 0 Å². The van der Waals surface area contributed by atoms with Gasteiger partial charge in [0.2, 0.25) is 0 Å². The third kappa shape index (κ3) is 4.07. The molecule has 0 saturated heterocycles. The zero-order valence-electron chi connectivity index (χ0n) is 16.3. The maximum Gasteiger partial charge on any atom is 0.339 e. The summed E-state index contributed by atoms with van der Waals surface area (Å²) < 4.78 is 22.3. The van der Waals surface area contributed by atoms with Crippen LogP contribution in [0.2, 0.25) is 0 Å². The lowest BCUT2D eigenvalue weighted by atomic mass is 9.90. The van der Waals surface area contributed by atoms with Crippen LogP contribution in [0.4, 0.5) is 0 Å². The Morgan fingerprint density at radius 3 is 2.34 bits per heavy atom. The van der Waals surface area contributed by atoms with Crippen LogP contribution in [0.25, 0.3) is 11.0 Å². The van der Waals surface area contributed by atoms with Gasteiger partial charge in [0.1, 0.15) is 30.7 Å². The van der Waals surface area contributed by atoms with Crippen molar-refractivity contribution in [3.63, 3.8) is 0 Å². The summed E-state index contributed by atoms with van der Waals surface area (Å²) in [7, 11) is 1.57. The summed E-state index contributed by atoms with van der Waals surface area (Å²) in [6.45, 7) is 0.125. The molecule has 0 saturated carbocycles. The first kappa shape index (κ1) is 19.3. The summed E-state index contributed by atoms with van der Waals surface area (Å²) in [6, 6.07) is 12.7. The average Bonchev–Trinajstić information content (AvgIpc) is 2.76. The fraction of sp³-hybridized carbons (Fsp3) is 0.348. The van der Waals surface area contributed by atoms with Crippen LogP contribution < -0.4 is 19.8 Å². The Hall–Kier alpha value is -2.99. The van der Waals surface area contributed by atoms with Crippen molar-refractivity contribution in [3.05, 3.63) is 64.0 Å². The zero-order valence-corrected chi connectivity index (χ0v) is 16.3. The van der Waals surface area contributed by atoms with Crippen molar-refractivity contribution in [2.75, 3.05) is 20.3 Å². The lowest BCUT2D eigenvalue weighted by Crippen LogP contribution is -2.25. The third-order valence-corrected chi connectivity index (χ3v) is 5.14. The highest BCUT2D eigenvalue weighted by atomic mass is 16.5. The maximum atomic E-state index is 12.3. The number of hydrogen-bond acceptors (Lipinski definition) is 6. The number of aliphatic hydroxyl groups excluding tert-OH is 1. The van der Waals surface area contributed by atoms with Crippen LogP contribution >= 0.6 is 0 Å². The van der Waals surface area contributed by atoms with E-state index in [0.717, 1.165) is 42.2 Å². The van der Waals surface area contributed by atoms with E-state index in [0.29, 0.717) is 22.8 Å². The van der Waals surface area contributed by atoms with Gasteiger partial charge < -0.3 is 23.7 Å². The van der Waals surface area contributed by atoms with E-state index in [9.17, 15) is 9.90 Å². The smallest absolute Gasteiger partial charge is 0.339 e. The molecule has 6 nitrogen and oxygen atoms in total. The minimum Gasteiger partial charge on any atom is -0.493 e. The highest BCUT2D eigenvalue weighted by Crippen LogP contribution is 2.33. The molecule has 2 aromatic carbocycles. The summed E-state index contributed by atoms with van der Waals surface area (Å²) in [6.07, 6.45) is 2.76. The molecule has 1 aliphatic carbocycles. The summed E-state index contributed by atoms with van der Waals surface area (Å²) in [5.41, 5.74) is 2.03. The van der Waals surface area contributed by atoms with Crippen molar-refractivity contribution in [1.82, 2.24) is 0 Å². The molecule has 29 heavy (non-hydrogen) atoms. The highest BCUT2D eigenvalue weighted by Gasteiger charge is 2.21. The predicted octanol–water partition coefficient (Wildman–Crippen LogP) is 3.50. The number of aliphatic hydroxyl groups is 1. The van der Waals surface area contributed by atoms with Gasteiger partial charge >= 0.3 is 5.63 Å². The number of rotatable bonds is 7. The van der Waals surface area contributed by atoms with Gasteiger partial charge in [-0.3, -0.25) is 0 Å². The van der Waals surface area contributed by atoms with Gasteiger partial charge in [-0.1, -0.05) is 18.2 Å².